The molecule has 0 amide bonds. The van der Waals surface area contributed by atoms with Crippen molar-refractivity contribution in [3.8, 4) is 0 Å². The topological polar surface area (TPSA) is 49.3 Å². The number of carbonyl (C=O) groups is 1. The Morgan fingerprint density at radius 2 is 2.38 bits per heavy atom. The van der Waals surface area contributed by atoms with Gasteiger partial charge in [0.15, 0.2) is 0 Å². The number of hydrogen-bond acceptors (Lipinski definition) is 2. The standard InChI is InChI=1S/C12H14INO2/c13-10-4-1-3-9(7-10)8-12(11(15)16)5-2-6-14-12/h1,3-4,7,14H,2,5-6,8H2,(H,15,16). The monoisotopic (exact) mass is 331 g/mol. The van der Waals surface area contributed by atoms with Crippen LogP contribution in [-0.4, -0.2) is 23.2 Å². The molecule has 1 aromatic rings. The first-order chi connectivity index (χ1) is 7.62. The summed E-state index contributed by atoms with van der Waals surface area (Å²) in [6.45, 7) is 0.802. The highest BCUT2D eigenvalue weighted by Crippen LogP contribution is 2.25. The number of halogens is 1. The van der Waals surface area contributed by atoms with Crippen molar-refractivity contribution in [2.45, 2.75) is 24.8 Å². The molecule has 2 N–H and O–H groups in total. The van der Waals surface area contributed by atoms with E-state index in [1.165, 1.54) is 0 Å². The Bertz CT molecular complexity index is 400. The average Bonchev–Trinajstić information content (AvgIpc) is 2.67. The van der Waals surface area contributed by atoms with Crippen LogP contribution in [0.25, 0.3) is 0 Å². The van der Waals surface area contributed by atoms with Crippen LogP contribution in [0.15, 0.2) is 24.3 Å². The smallest absolute Gasteiger partial charge is 0.324 e. The lowest BCUT2D eigenvalue weighted by molar-refractivity contribution is -0.144. The lowest BCUT2D eigenvalue weighted by atomic mass is 9.89. The van der Waals surface area contributed by atoms with E-state index in [4.69, 9.17) is 0 Å². The predicted octanol–water partition coefficient (Wildman–Crippen LogP) is 2.04. The summed E-state index contributed by atoms with van der Waals surface area (Å²) < 4.78 is 1.15. The molecule has 3 nitrogen and oxygen atoms in total. The second-order valence-electron chi connectivity index (χ2n) is 4.22. The van der Waals surface area contributed by atoms with Crippen LogP contribution in [-0.2, 0) is 11.2 Å². The van der Waals surface area contributed by atoms with Crippen LogP contribution in [0.4, 0.5) is 0 Å². The lowest BCUT2D eigenvalue weighted by Crippen LogP contribution is -2.49. The van der Waals surface area contributed by atoms with Gasteiger partial charge in [-0.1, -0.05) is 12.1 Å². The van der Waals surface area contributed by atoms with Crippen LogP contribution in [0, 0.1) is 3.57 Å². The molecule has 2 rings (SSSR count). The van der Waals surface area contributed by atoms with E-state index in [0.29, 0.717) is 12.8 Å². The van der Waals surface area contributed by atoms with Gasteiger partial charge in [0.2, 0.25) is 0 Å². The van der Waals surface area contributed by atoms with Crippen LogP contribution in [0.3, 0.4) is 0 Å². The first-order valence-electron chi connectivity index (χ1n) is 5.35. The van der Waals surface area contributed by atoms with E-state index in [2.05, 4.69) is 27.9 Å². The van der Waals surface area contributed by atoms with Gasteiger partial charge in [0.05, 0.1) is 0 Å². The minimum Gasteiger partial charge on any atom is -0.480 e. The molecule has 4 heteroatoms. The number of aliphatic carboxylic acids is 1. The fraction of sp³-hybridized carbons (Fsp3) is 0.417. The molecule has 1 atom stereocenters. The van der Waals surface area contributed by atoms with Crippen molar-refractivity contribution < 1.29 is 9.90 Å². The van der Waals surface area contributed by atoms with Crippen LogP contribution in [0.5, 0.6) is 0 Å². The van der Waals surface area contributed by atoms with Crippen LogP contribution < -0.4 is 5.32 Å². The normalized spacial score (nSPS) is 24.6. The Balaban J connectivity index is 2.21. The molecule has 86 valence electrons. The highest BCUT2D eigenvalue weighted by Gasteiger charge is 2.40. The molecule has 1 heterocycles. The second kappa shape index (κ2) is 4.71. The van der Waals surface area contributed by atoms with E-state index in [1.807, 2.05) is 24.3 Å². The zero-order chi connectivity index (χ0) is 11.6. The number of benzene rings is 1. The number of rotatable bonds is 3. The lowest BCUT2D eigenvalue weighted by Gasteiger charge is -2.24. The van der Waals surface area contributed by atoms with Crippen molar-refractivity contribution in [3.63, 3.8) is 0 Å². The first kappa shape index (κ1) is 11.9. The molecule has 1 aliphatic rings. The van der Waals surface area contributed by atoms with Crippen molar-refractivity contribution in [2.24, 2.45) is 0 Å². The summed E-state index contributed by atoms with van der Waals surface area (Å²) in [6, 6.07) is 8.03. The fourth-order valence-electron chi connectivity index (χ4n) is 2.21. The molecular formula is C12H14INO2. The van der Waals surface area contributed by atoms with Gasteiger partial charge in [-0.05, 0) is 59.7 Å². The van der Waals surface area contributed by atoms with Gasteiger partial charge < -0.3 is 10.4 Å². The van der Waals surface area contributed by atoms with Gasteiger partial charge in [0.25, 0.3) is 0 Å². The van der Waals surface area contributed by atoms with Gasteiger partial charge in [-0.25, -0.2) is 0 Å². The van der Waals surface area contributed by atoms with E-state index >= 15 is 0 Å². The zero-order valence-electron chi connectivity index (χ0n) is 8.87. The summed E-state index contributed by atoms with van der Waals surface area (Å²) in [4.78, 5) is 11.3. The molecule has 0 spiro atoms. The summed E-state index contributed by atoms with van der Waals surface area (Å²) >= 11 is 2.25. The quantitative estimate of drug-likeness (QED) is 0.834. The van der Waals surface area contributed by atoms with E-state index < -0.39 is 11.5 Å². The van der Waals surface area contributed by atoms with Gasteiger partial charge in [-0.3, -0.25) is 4.79 Å². The first-order valence-corrected chi connectivity index (χ1v) is 6.43. The third-order valence-corrected chi connectivity index (χ3v) is 3.72. The third kappa shape index (κ3) is 2.38. The van der Waals surface area contributed by atoms with Crippen LogP contribution >= 0.6 is 22.6 Å². The SMILES string of the molecule is O=C(O)C1(Cc2cccc(I)c2)CCCN1. The predicted molar refractivity (Wildman–Crippen MR) is 70.5 cm³/mol. The fourth-order valence-corrected chi connectivity index (χ4v) is 2.82. The summed E-state index contributed by atoms with van der Waals surface area (Å²) in [5.41, 5.74) is 0.341. The summed E-state index contributed by atoms with van der Waals surface area (Å²) in [5.74, 6) is -0.733. The molecule has 1 unspecified atom stereocenters. The Hall–Kier alpha value is -0.620. The number of hydrogen-bond donors (Lipinski definition) is 2. The van der Waals surface area contributed by atoms with Gasteiger partial charge >= 0.3 is 5.97 Å². The van der Waals surface area contributed by atoms with Crippen molar-refractivity contribution in [3.05, 3.63) is 33.4 Å². The number of nitrogens with one attached hydrogen (secondary N) is 1. The largest absolute Gasteiger partial charge is 0.480 e. The molecule has 1 saturated heterocycles. The second-order valence-corrected chi connectivity index (χ2v) is 5.47. The number of carboxylic acid groups (broad SMARTS) is 1. The van der Waals surface area contributed by atoms with Gasteiger partial charge in [-0.2, -0.15) is 0 Å². The third-order valence-electron chi connectivity index (χ3n) is 3.05. The molecular weight excluding hydrogens is 317 g/mol. The van der Waals surface area contributed by atoms with Crippen LogP contribution in [0.1, 0.15) is 18.4 Å². The highest BCUT2D eigenvalue weighted by atomic mass is 127. The molecule has 1 fully saturated rings. The Labute approximate surface area is 108 Å². The summed E-state index contributed by atoms with van der Waals surface area (Å²) in [7, 11) is 0. The van der Waals surface area contributed by atoms with Gasteiger partial charge in [-0.15, -0.1) is 0 Å². The van der Waals surface area contributed by atoms with E-state index in [-0.39, 0.29) is 0 Å². The maximum Gasteiger partial charge on any atom is 0.324 e. The Morgan fingerprint density at radius 1 is 1.56 bits per heavy atom. The molecule has 1 aromatic carbocycles. The molecule has 1 aliphatic heterocycles. The highest BCUT2D eigenvalue weighted by molar-refractivity contribution is 14.1. The van der Waals surface area contributed by atoms with Crippen molar-refractivity contribution in [2.75, 3.05) is 6.54 Å². The van der Waals surface area contributed by atoms with E-state index in [1.54, 1.807) is 0 Å². The molecule has 0 saturated carbocycles. The maximum absolute atomic E-state index is 11.3. The molecule has 0 aliphatic carbocycles. The molecule has 0 aromatic heterocycles. The summed E-state index contributed by atoms with van der Waals surface area (Å²) in [5, 5.41) is 12.5. The van der Waals surface area contributed by atoms with E-state index in [0.717, 1.165) is 22.1 Å². The van der Waals surface area contributed by atoms with Crippen LogP contribution in [0.2, 0.25) is 0 Å². The van der Waals surface area contributed by atoms with Crippen molar-refractivity contribution in [1.82, 2.24) is 5.32 Å². The minimum atomic E-state index is -0.746. The average molecular weight is 331 g/mol. The Morgan fingerprint density at radius 3 is 2.94 bits per heavy atom. The molecule has 0 radical (unpaired) electrons. The molecule has 16 heavy (non-hydrogen) atoms. The van der Waals surface area contributed by atoms with Crippen molar-refractivity contribution in [1.29, 1.82) is 0 Å². The maximum atomic E-state index is 11.3. The zero-order valence-corrected chi connectivity index (χ0v) is 11.0. The van der Waals surface area contributed by atoms with Crippen molar-refractivity contribution >= 4 is 28.6 Å². The van der Waals surface area contributed by atoms with Gasteiger partial charge in [0.1, 0.15) is 5.54 Å². The van der Waals surface area contributed by atoms with E-state index in [9.17, 15) is 9.90 Å². The summed E-state index contributed by atoms with van der Waals surface area (Å²) in [6.07, 6.45) is 2.23. The minimum absolute atomic E-state index is 0.569. The van der Waals surface area contributed by atoms with Gasteiger partial charge in [0, 0.05) is 9.99 Å². The molecule has 0 bridgehead atoms. The Kier molecular flexibility index (Phi) is 3.49. The number of carboxylic acids is 1.